The Morgan fingerprint density at radius 3 is 2.54 bits per heavy atom. The molecule has 1 nitrogen and oxygen atoms in total. The van der Waals surface area contributed by atoms with Crippen molar-refractivity contribution in [2.75, 3.05) is 0 Å². The molecule has 4 aliphatic rings. The fourth-order valence-electron chi connectivity index (χ4n) is 8.88. The van der Waals surface area contributed by atoms with Gasteiger partial charge >= 0.3 is 0 Å². The van der Waals surface area contributed by atoms with Crippen LogP contribution in [-0.4, -0.2) is 11.2 Å². The lowest BCUT2D eigenvalue weighted by Crippen LogP contribution is -2.54. The summed E-state index contributed by atoms with van der Waals surface area (Å²) >= 11 is 0. The van der Waals surface area contributed by atoms with Crippen LogP contribution in [0.3, 0.4) is 0 Å². The molecule has 3 saturated carbocycles. The van der Waals surface area contributed by atoms with Crippen LogP contribution in [0.4, 0.5) is 0 Å². The van der Waals surface area contributed by atoms with Crippen molar-refractivity contribution in [1.82, 2.24) is 0 Å². The highest BCUT2D eigenvalue weighted by Gasteiger charge is 2.62. The number of aliphatic hydroxyl groups is 1. The summed E-state index contributed by atoms with van der Waals surface area (Å²) in [6.07, 6.45) is 18.2. The zero-order valence-corrected chi connectivity index (χ0v) is 19.3. The minimum Gasteiger partial charge on any atom is -0.393 e. The average molecular weight is 387 g/mol. The van der Waals surface area contributed by atoms with Gasteiger partial charge in [0.2, 0.25) is 0 Å². The lowest BCUT2D eigenvalue weighted by Gasteiger charge is -2.60. The third-order valence-corrected chi connectivity index (χ3v) is 10.4. The molecular weight excluding hydrogens is 340 g/mol. The standard InChI is InChI=1S/C27H46O/c1-18(2)9-8-10-19(3)23-17-24(28)25-21-13-12-20-11-6-7-15-26(20,4)22(21)14-16-27(23,25)5/h6-7,18-25,28H,8-17H2,1-5H3/t19-,20?,21-,22+,23-,24-,25-,26+,27-/m1/s1. The van der Waals surface area contributed by atoms with Crippen LogP contribution < -0.4 is 0 Å². The van der Waals surface area contributed by atoms with E-state index in [1.807, 2.05) is 0 Å². The normalized spacial score (nSPS) is 48.8. The first-order chi connectivity index (χ1) is 13.3. The van der Waals surface area contributed by atoms with Gasteiger partial charge in [-0.1, -0.05) is 66.0 Å². The number of hydrogen-bond acceptors (Lipinski definition) is 1. The predicted octanol–water partition coefficient (Wildman–Crippen LogP) is 7.24. The number of hydrogen-bond donors (Lipinski definition) is 1. The molecule has 0 saturated heterocycles. The van der Waals surface area contributed by atoms with Crippen LogP contribution in [0.25, 0.3) is 0 Å². The lowest BCUT2D eigenvalue weighted by atomic mass is 9.45. The zero-order valence-electron chi connectivity index (χ0n) is 19.3. The van der Waals surface area contributed by atoms with E-state index in [-0.39, 0.29) is 6.10 Å². The van der Waals surface area contributed by atoms with Gasteiger partial charge in [-0.15, -0.1) is 0 Å². The second-order valence-corrected chi connectivity index (χ2v) is 12.2. The molecule has 0 spiro atoms. The molecule has 0 amide bonds. The SMILES string of the molecule is CC(C)CCC[C@@H](C)[C@H]1C[C@@H](O)[C@H]2[C@@H]3CCC4CC=CC[C@]4(C)[C@H]3CC[C@@]21C. The minimum absolute atomic E-state index is 0.0466. The van der Waals surface area contributed by atoms with Crippen molar-refractivity contribution in [2.24, 2.45) is 52.3 Å². The fraction of sp³-hybridized carbons (Fsp3) is 0.926. The Labute approximate surface area is 174 Å². The van der Waals surface area contributed by atoms with Crippen molar-refractivity contribution < 1.29 is 5.11 Å². The molecule has 1 unspecified atom stereocenters. The van der Waals surface area contributed by atoms with Gasteiger partial charge in [-0.25, -0.2) is 0 Å². The van der Waals surface area contributed by atoms with Gasteiger partial charge in [-0.2, -0.15) is 0 Å². The van der Waals surface area contributed by atoms with Crippen molar-refractivity contribution in [3.05, 3.63) is 12.2 Å². The Morgan fingerprint density at radius 2 is 1.79 bits per heavy atom. The Hall–Kier alpha value is -0.300. The molecule has 0 heterocycles. The Morgan fingerprint density at radius 1 is 1.00 bits per heavy atom. The van der Waals surface area contributed by atoms with Crippen molar-refractivity contribution in [3.63, 3.8) is 0 Å². The van der Waals surface area contributed by atoms with Crippen LogP contribution in [0.1, 0.15) is 98.8 Å². The van der Waals surface area contributed by atoms with Crippen LogP contribution in [0.5, 0.6) is 0 Å². The molecule has 0 aromatic carbocycles. The second kappa shape index (κ2) is 7.75. The van der Waals surface area contributed by atoms with Gasteiger partial charge in [0, 0.05) is 0 Å². The summed E-state index contributed by atoms with van der Waals surface area (Å²) in [6, 6.07) is 0. The molecule has 0 aromatic heterocycles. The molecular formula is C27H46O. The van der Waals surface area contributed by atoms with E-state index in [0.29, 0.717) is 16.7 Å². The van der Waals surface area contributed by atoms with Crippen LogP contribution in [0, 0.1) is 52.3 Å². The topological polar surface area (TPSA) is 20.2 Å². The van der Waals surface area contributed by atoms with Crippen LogP contribution in [-0.2, 0) is 0 Å². The molecule has 3 fully saturated rings. The highest BCUT2D eigenvalue weighted by atomic mass is 16.3. The molecule has 1 N–H and O–H groups in total. The van der Waals surface area contributed by atoms with Crippen molar-refractivity contribution >= 4 is 0 Å². The van der Waals surface area contributed by atoms with Gasteiger partial charge in [-0.05, 0) is 97.2 Å². The molecule has 4 aliphatic carbocycles. The van der Waals surface area contributed by atoms with Gasteiger partial charge in [0.25, 0.3) is 0 Å². The maximum absolute atomic E-state index is 11.3. The van der Waals surface area contributed by atoms with Gasteiger partial charge in [0.05, 0.1) is 6.10 Å². The summed E-state index contributed by atoms with van der Waals surface area (Å²) < 4.78 is 0. The largest absolute Gasteiger partial charge is 0.393 e. The molecule has 28 heavy (non-hydrogen) atoms. The van der Waals surface area contributed by atoms with E-state index in [1.54, 1.807) is 0 Å². The number of rotatable bonds is 5. The van der Waals surface area contributed by atoms with Gasteiger partial charge in [0.1, 0.15) is 0 Å². The van der Waals surface area contributed by atoms with E-state index in [4.69, 9.17) is 0 Å². The molecule has 160 valence electrons. The molecule has 4 rings (SSSR count). The molecule has 0 aromatic rings. The fourth-order valence-corrected chi connectivity index (χ4v) is 8.88. The first kappa shape index (κ1) is 21.0. The number of allylic oxidation sites excluding steroid dienone is 2. The summed E-state index contributed by atoms with van der Waals surface area (Å²) in [4.78, 5) is 0. The first-order valence-corrected chi connectivity index (χ1v) is 12.6. The third-order valence-electron chi connectivity index (χ3n) is 10.4. The Kier molecular flexibility index (Phi) is 5.80. The molecule has 0 radical (unpaired) electrons. The van der Waals surface area contributed by atoms with Gasteiger partial charge in [0.15, 0.2) is 0 Å². The highest BCUT2D eigenvalue weighted by Crippen LogP contribution is 2.68. The predicted molar refractivity (Wildman–Crippen MR) is 119 cm³/mol. The summed E-state index contributed by atoms with van der Waals surface area (Å²) in [5.74, 6) is 5.40. The van der Waals surface area contributed by atoms with Crippen LogP contribution >= 0.6 is 0 Å². The van der Waals surface area contributed by atoms with Crippen molar-refractivity contribution in [2.45, 2.75) is 105 Å². The van der Waals surface area contributed by atoms with Crippen LogP contribution in [0.15, 0.2) is 12.2 Å². The van der Waals surface area contributed by atoms with E-state index in [0.717, 1.165) is 41.9 Å². The first-order valence-electron chi connectivity index (χ1n) is 12.6. The summed E-state index contributed by atoms with van der Waals surface area (Å²) in [5.41, 5.74) is 0.880. The Bertz CT molecular complexity index is 579. The molecule has 0 bridgehead atoms. The summed E-state index contributed by atoms with van der Waals surface area (Å²) in [6.45, 7) is 12.4. The molecule has 9 atom stereocenters. The highest BCUT2D eigenvalue weighted by molar-refractivity contribution is 5.14. The number of aliphatic hydroxyl groups excluding tert-OH is 1. The van der Waals surface area contributed by atoms with E-state index in [2.05, 4.69) is 46.8 Å². The van der Waals surface area contributed by atoms with E-state index >= 15 is 0 Å². The maximum atomic E-state index is 11.3. The summed E-state index contributed by atoms with van der Waals surface area (Å²) in [7, 11) is 0. The van der Waals surface area contributed by atoms with Gasteiger partial charge < -0.3 is 5.11 Å². The third kappa shape index (κ3) is 3.32. The lowest BCUT2D eigenvalue weighted by molar-refractivity contribution is -0.119. The quantitative estimate of drug-likeness (QED) is 0.493. The van der Waals surface area contributed by atoms with E-state index in [1.165, 1.54) is 57.8 Å². The monoisotopic (exact) mass is 386 g/mol. The van der Waals surface area contributed by atoms with E-state index in [9.17, 15) is 5.11 Å². The van der Waals surface area contributed by atoms with E-state index < -0.39 is 0 Å². The minimum atomic E-state index is -0.0466. The van der Waals surface area contributed by atoms with Crippen LogP contribution in [0.2, 0.25) is 0 Å². The molecule has 0 aliphatic heterocycles. The number of fused-ring (bicyclic) bond motifs is 5. The van der Waals surface area contributed by atoms with Gasteiger partial charge in [-0.3, -0.25) is 0 Å². The maximum Gasteiger partial charge on any atom is 0.0579 e. The molecule has 1 heteroatoms. The Balaban J connectivity index is 1.52. The second-order valence-electron chi connectivity index (χ2n) is 12.2. The van der Waals surface area contributed by atoms with Crippen molar-refractivity contribution in [3.8, 4) is 0 Å². The zero-order chi connectivity index (χ0) is 20.1. The smallest absolute Gasteiger partial charge is 0.0579 e. The average Bonchev–Trinajstić information content (AvgIpc) is 2.92. The summed E-state index contributed by atoms with van der Waals surface area (Å²) in [5, 5.41) is 11.3. The van der Waals surface area contributed by atoms with Crippen molar-refractivity contribution in [1.29, 1.82) is 0 Å².